The number of benzene rings is 3. The zero-order chi connectivity index (χ0) is 28.4. The minimum Gasteiger partial charge on any atom is -0.497 e. The Morgan fingerprint density at radius 2 is 1.48 bits per heavy atom. The monoisotopic (exact) mass is 541 g/mol. The molecule has 0 unspecified atom stereocenters. The summed E-state index contributed by atoms with van der Waals surface area (Å²) in [7, 11) is 1.60. The van der Waals surface area contributed by atoms with Crippen molar-refractivity contribution in [2.75, 3.05) is 7.11 Å². The first-order valence-corrected chi connectivity index (χ1v) is 14.0. The second-order valence-corrected chi connectivity index (χ2v) is 10.7. The van der Waals surface area contributed by atoms with Crippen molar-refractivity contribution in [3.8, 4) is 5.75 Å². The van der Waals surface area contributed by atoms with E-state index < -0.39 is 17.5 Å². The number of hydrogen-bond donors (Lipinski definition) is 3. The summed E-state index contributed by atoms with van der Waals surface area (Å²) in [6.45, 7) is 1.70. The Morgan fingerprint density at radius 3 is 2.10 bits per heavy atom. The molecule has 1 saturated carbocycles. The molecule has 0 bridgehead atoms. The van der Waals surface area contributed by atoms with Gasteiger partial charge in [-0.3, -0.25) is 14.4 Å². The summed E-state index contributed by atoms with van der Waals surface area (Å²) in [6.07, 6.45) is 5.82. The number of nitrogens with one attached hydrogen (secondary N) is 3. The standard InChI is InChI=1S/C33H39N3O4/c1-33(23-25-18-20-28(40-2)21-19-25,36-30(37)26-14-8-4-9-15-26)32(39)35-29(22-24-12-6-3-7-13-24)31(38)34-27-16-10-5-11-17-27/h3-4,6-9,12-15,18-21,27,29H,5,10-11,16-17,22-23H2,1-2H3,(H,34,38)(H,35,39)(H,36,37)/t29-,33+/m1/s1. The summed E-state index contributed by atoms with van der Waals surface area (Å²) in [5, 5.41) is 9.14. The summed E-state index contributed by atoms with van der Waals surface area (Å²) in [5.41, 5.74) is 0.906. The molecule has 0 radical (unpaired) electrons. The summed E-state index contributed by atoms with van der Waals surface area (Å²) >= 11 is 0. The third-order valence-corrected chi connectivity index (χ3v) is 7.50. The normalized spacial score (nSPS) is 15.8. The number of carbonyl (C=O) groups excluding carboxylic acids is 3. The minimum atomic E-state index is -1.33. The summed E-state index contributed by atoms with van der Waals surface area (Å²) in [5.74, 6) is -0.291. The third-order valence-electron chi connectivity index (χ3n) is 7.50. The van der Waals surface area contributed by atoms with Crippen LogP contribution in [0.4, 0.5) is 0 Å². The van der Waals surface area contributed by atoms with Crippen molar-refractivity contribution < 1.29 is 19.1 Å². The highest BCUT2D eigenvalue weighted by molar-refractivity contribution is 6.00. The zero-order valence-electron chi connectivity index (χ0n) is 23.3. The van der Waals surface area contributed by atoms with Crippen LogP contribution in [0.25, 0.3) is 0 Å². The highest BCUT2D eigenvalue weighted by Crippen LogP contribution is 2.20. The van der Waals surface area contributed by atoms with E-state index in [2.05, 4.69) is 16.0 Å². The fraction of sp³-hybridized carbons (Fsp3) is 0.364. The molecule has 1 fully saturated rings. The molecule has 7 heteroatoms. The first-order chi connectivity index (χ1) is 19.4. The van der Waals surface area contributed by atoms with Gasteiger partial charge < -0.3 is 20.7 Å². The number of ether oxygens (including phenoxy) is 1. The third kappa shape index (κ3) is 7.94. The van der Waals surface area contributed by atoms with Gasteiger partial charge >= 0.3 is 0 Å². The smallest absolute Gasteiger partial charge is 0.252 e. The van der Waals surface area contributed by atoms with E-state index in [0.29, 0.717) is 17.7 Å². The average Bonchev–Trinajstić information content (AvgIpc) is 2.98. The van der Waals surface area contributed by atoms with Crippen LogP contribution < -0.4 is 20.7 Å². The van der Waals surface area contributed by atoms with Gasteiger partial charge in [0.1, 0.15) is 17.3 Å². The van der Waals surface area contributed by atoms with Crippen LogP contribution in [0.3, 0.4) is 0 Å². The van der Waals surface area contributed by atoms with Gasteiger partial charge in [-0.1, -0.05) is 79.9 Å². The Kier molecular flexibility index (Phi) is 9.95. The number of methoxy groups -OCH3 is 1. The van der Waals surface area contributed by atoms with Crippen molar-refractivity contribution >= 4 is 17.7 Å². The Labute approximate surface area is 236 Å². The van der Waals surface area contributed by atoms with Crippen molar-refractivity contribution in [3.63, 3.8) is 0 Å². The molecule has 210 valence electrons. The number of amides is 3. The van der Waals surface area contributed by atoms with E-state index in [-0.39, 0.29) is 24.3 Å². The summed E-state index contributed by atoms with van der Waals surface area (Å²) in [4.78, 5) is 40.8. The fourth-order valence-corrected chi connectivity index (χ4v) is 5.17. The molecule has 0 aliphatic heterocycles. The molecule has 3 aromatic carbocycles. The van der Waals surface area contributed by atoms with E-state index in [1.165, 1.54) is 6.42 Å². The molecule has 1 aliphatic carbocycles. The molecule has 40 heavy (non-hydrogen) atoms. The van der Waals surface area contributed by atoms with Gasteiger partial charge in [0.15, 0.2) is 0 Å². The predicted octanol–water partition coefficient (Wildman–Crippen LogP) is 4.60. The average molecular weight is 542 g/mol. The van der Waals surface area contributed by atoms with Crippen molar-refractivity contribution in [3.05, 3.63) is 102 Å². The predicted molar refractivity (Wildman–Crippen MR) is 156 cm³/mol. The van der Waals surface area contributed by atoms with Gasteiger partial charge in [0.25, 0.3) is 5.91 Å². The lowest BCUT2D eigenvalue weighted by Gasteiger charge is -2.32. The SMILES string of the molecule is COc1ccc(C[C@](C)(NC(=O)c2ccccc2)C(=O)N[C@H](Cc2ccccc2)C(=O)NC2CCCCC2)cc1. The lowest BCUT2D eigenvalue weighted by atomic mass is 9.90. The van der Waals surface area contributed by atoms with E-state index in [9.17, 15) is 14.4 Å². The largest absolute Gasteiger partial charge is 0.497 e. The van der Waals surface area contributed by atoms with E-state index in [0.717, 1.165) is 36.8 Å². The van der Waals surface area contributed by atoms with Crippen molar-refractivity contribution in [2.45, 2.75) is 69.5 Å². The van der Waals surface area contributed by atoms with Crippen molar-refractivity contribution in [2.24, 2.45) is 0 Å². The van der Waals surface area contributed by atoms with Crippen LogP contribution in [0.2, 0.25) is 0 Å². The van der Waals surface area contributed by atoms with Gasteiger partial charge in [-0.15, -0.1) is 0 Å². The molecule has 0 aromatic heterocycles. The van der Waals surface area contributed by atoms with Crippen molar-refractivity contribution in [1.82, 2.24) is 16.0 Å². The van der Waals surface area contributed by atoms with E-state index in [1.54, 1.807) is 38.3 Å². The highest BCUT2D eigenvalue weighted by atomic mass is 16.5. The molecule has 3 aromatic rings. The minimum absolute atomic E-state index is 0.111. The molecule has 3 N–H and O–H groups in total. The molecule has 0 saturated heterocycles. The molecule has 7 nitrogen and oxygen atoms in total. The van der Waals surface area contributed by atoms with E-state index in [1.807, 2.05) is 60.7 Å². The van der Waals surface area contributed by atoms with Crippen LogP contribution >= 0.6 is 0 Å². The first kappa shape index (κ1) is 28.9. The quantitative estimate of drug-likeness (QED) is 0.331. The molecule has 2 atom stereocenters. The number of rotatable bonds is 11. The van der Waals surface area contributed by atoms with Gasteiger partial charge in [-0.25, -0.2) is 0 Å². The molecule has 0 heterocycles. The Morgan fingerprint density at radius 1 is 0.850 bits per heavy atom. The lowest BCUT2D eigenvalue weighted by molar-refractivity contribution is -0.132. The van der Waals surface area contributed by atoms with Gasteiger partial charge in [-0.05, 0) is 55.2 Å². The Hall–Kier alpha value is -4.13. The van der Waals surface area contributed by atoms with E-state index in [4.69, 9.17) is 4.74 Å². The van der Waals surface area contributed by atoms with Crippen LogP contribution in [0, 0.1) is 0 Å². The highest BCUT2D eigenvalue weighted by Gasteiger charge is 2.38. The molecule has 4 rings (SSSR count). The molecule has 3 amide bonds. The zero-order valence-corrected chi connectivity index (χ0v) is 23.3. The van der Waals surface area contributed by atoms with Gasteiger partial charge in [0, 0.05) is 24.4 Å². The first-order valence-electron chi connectivity index (χ1n) is 14.0. The Bertz CT molecular complexity index is 1260. The van der Waals surface area contributed by atoms with Gasteiger partial charge in [-0.2, -0.15) is 0 Å². The second-order valence-electron chi connectivity index (χ2n) is 10.7. The maximum atomic E-state index is 14.0. The number of carbonyl (C=O) groups is 3. The molecular formula is C33H39N3O4. The van der Waals surface area contributed by atoms with Crippen LogP contribution in [-0.2, 0) is 22.4 Å². The fourth-order valence-electron chi connectivity index (χ4n) is 5.17. The second kappa shape index (κ2) is 13.8. The number of hydrogen-bond acceptors (Lipinski definition) is 4. The van der Waals surface area contributed by atoms with Gasteiger partial charge in [0.2, 0.25) is 11.8 Å². The van der Waals surface area contributed by atoms with Crippen LogP contribution in [-0.4, -0.2) is 42.5 Å². The lowest BCUT2D eigenvalue weighted by Crippen LogP contribution is -2.62. The maximum Gasteiger partial charge on any atom is 0.252 e. The summed E-state index contributed by atoms with van der Waals surface area (Å²) < 4.78 is 5.27. The van der Waals surface area contributed by atoms with Crippen molar-refractivity contribution in [1.29, 1.82) is 0 Å². The summed E-state index contributed by atoms with van der Waals surface area (Å²) in [6, 6.07) is 25.2. The topological polar surface area (TPSA) is 96.5 Å². The Balaban J connectivity index is 1.58. The molecular weight excluding hydrogens is 502 g/mol. The maximum absolute atomic E-state index is 14.0. The van der Waals surface area contributed by atoms with E-state index >= 15 is 0 Å². The van der Waals surface area contributed by atoms with Crippen LogP contribution in [0.5, 0.6) is 5.75 Å². The van der Waals surface area contributed by atoms with Crippen LogP contribution in [0.1, 0.15) is 60.5 Å². The molecule has 1 aliphatic rings. The molecule has 0 spiro atoms. The van der Waals surface area contributed by atoms with Gasteiger partial charge in [0.05, 0.1) is 7.11 Å². The van der Waals surface area contributed by atoms with Crippen LogP contribution in [0.15, 0.2) is 84.9 Å².